The molecular weight excluding hydrogens is 290 g/mol. The van der Waals surface area contributed by atoms with Gasteiger partial charge in [0, 0.05) is 27.2 Å². The standard InChI is InChI=1S/C18H29N3O2/c1-15-4-8-17(9-5-15)23-13-11-21(3)18(19-2)20-10-12-22-14-16-6-7-16/h4-5,8-9,16H,6-7,10-14H2,1-3H3,(H,19,20). The van der Waals surface area contributed by atoms with Crippen molar-refractivity contribution in [3.63, 3.8) is 0 Å². The second kappa shape index (κ2) is 9.40. The third-order valence-corrected chi connectivity index (χ3v) is 3.87. The summed E-state index contributed by atoms with van der Waals surface area (Å²) in [5.74, 6) is 2.59. The molecule has 0 atom stereocenters. The quantitative estimate of drug-likeness (QED) is 0.431. The van der Waals surface area contributed by atoms with Gasteiger partial charge in [-0.15, -0.1) is 0 Å². The van der Waals surface area contributed by atoms with Crippen molar-refractivity contribution >= 4 is 5.96 Å². The third-order valence-electron chi connectivity index (χ3n) is 3.87. The molecule has 1 aliphatic carbocycles. The summed E-state index contributed by atoms with van der Waals surface area (Å²) in [4.78, 5) is 6.36. The van der Waals surface area contributed by atoms with E-state index in [1.165, 1.54) is 18.4 Å². The molecule has 0 aliphatic heterocycles. The van der Waals surface area contributed by atoms with Gasteiger partial charge in [0.05, 0.1) is 13.2 Å². The highest BCUT2D eigenvalue weighted by Crippen LogP contribution is 2.28. The van der Waals surface area contributed by atoms with E-state index in [1.807, 2.05) is 19.2 Å². The lowest BCUT2D eigenvalue weighted by Gasteiger charge is -2.22. The van der Waals surface area contributed by atoms with E-state index in [0.29, 0.717) is 6.61 Å². The molecule has 0 heterocycles. The van der Waals surface area contributed by atoms with E-state index in [1.54, 1.807) is 7.05 Å². The van der Waals surface area contributed by atoms with E-state index >= 15 is 0 Å². The maximum atomic E-state index is 5.75. The fourth-order valence-electron chi connectivity index (χ4n) is 2.20. The van der Waals surface area contributed by atoms with E-state index in [4.69, 9.17) is 9.47 Å². The van der Waals surface area contributed by atoms with E-state index < -0.39 is 0 Å². The topological polar surface area (TPSA) is 46.1 Å². The molecule has 1 fully saturated rings. The molecule has 2 rings (SSSR count). The molecule has 0 unspecified atom stereocenters. The van der Waals surface area contributed by atoms with Crippen molar-refractivity contribution < 1.29 is 9.47 Å². The highest BCUT2D eigenvalue weighted by Gasteiger charge is 2.20. The van der Waals surface area contributed by atoms with Crippen LogP contribution in [0, 0.1) is 12.8 Å². The number of likely N-dealkylation sites (N-methyl/N-ethyl adjacent to an activating group) is 1. The zero-order chi connectivity index (χ0) is 16.5. The average molecular weight is 319 g/mol. The molecule has 5 nitrogen and oxygen atoms in total. The molecule has 1 aromatic rings. The predicted octanol–water partition coefficient (Wildman–Crippen LogP) is 2.31. The minimum atomic E-state index is 0.623. The Labute approximate surface area is 139 Å². The first kappa shape index (κ1) is 17.6. The first-order valence-corrected chi connectivity index (χ1v) is 8.38. The van der Waals surface area contributed by atoms with E-state index in [0.717, 1.165) is 43.9 Å². The minimum Gasteiger partial charge on any atom is -0.492 e. The molecule has 23 heavy (non-hydrogen) atoms. The smallest absolute Gasteiger partial charge is 0.193 e. The number of benzene rings is 1. The number of nitrogens with zero attached hydrogens (tertiary/aromatic N) is 2. The van der Waals surface area contributed by atoms with E-state index in [9.17, 15) is 0 Å². The Hall–Kier alpha value is -1.75. The van der Waals surface area contributed by atoms with Gasteiger partial charge in [-0.2, -0.15) is 0 Å². The van der Waals surface area contributed by atoms with Crippen molar-refractivity contribution in [2.75, 3.05) is 47.0 Å². The molecule has 0 spiro atoms. The molecule has 128 valence electrons. The fraction of sp³-hybridized carbons (Fsp3) is 0.611. The van der Waals surface area contributed by atoms with Crippen LogP contribution >= 0.6 is 0 Å². The van der Waals surface area contributed by atoms with Gasteiger partial charge in [0.2, 0.25) is 0 Å². The minimum absolute atomic E-state index is 0.623. The molecule has 0 aromatic heterocycles. The predicted molar refractivity (Wildman–Crippen MR) is 94.2 cm³/mol. The van der Waals surface area contributed by atoms with Crippen molar-refractivity contribution in [2.24, 2.45) is 10.9 Å². The molecule has 0 amide bonds. The van der Waals surface area contributed by atoms with Gasteiger partial charge < -0.3 is 19.7 Å². The number of aliphatic imine (C=N–C) groups is 1. The highest BCUT2D eigenvalue weighted by atomic mass is 16.5. The van der Waals surface area contributed by atoms with Crippen molar-refractivity contribution in [3.05, 3.63) is 29.8 Å². The highest BCUT2D eigenvalue weighted by molar-refractivity contribution is 5.79. The van der Waals surface area contributed by atoms with E-state index in [2.05, 4.69) is 34.3 Å². The SMILES string of the molecule is CN=C(NCCOCC1CC1)N(C)CCOc1ccc(C)cc1. The zero-order valence-electron chi connectivity index (χ0n) is 14.5. The summed E-state index contributed by atoms with van der Waals surface area (Å²) in [5, 5.41) is 3.31. The summed E-state index contributed by atoms with van der Waals surface area (Å²) in [6.07, 6.45) is 2.66. The van der Waals surface area contributed by atoms with E-state index in [-0.39, 0.29) is 0 Å². The van der Waals surface area contributed by atoms with Gasteiger partial charge >= 0.3 is 0 Å². The molecule has 5 heteroatoms. The number of guanidine groups is 1. The number of nitrogens with one attached hydrogen (secondary N) is 1. The second-order valence-electron chi connectivity index (χ2n) is 6.08. The molecule has 1 saturated carbocycles. The number of hydrogen-bond donors (Lipinski definition) is 1. The normalized spacial score (nSPS) is 14.7. The van der Waals surface area contributed by atoms with Crippen LogP contribution in [0.15, 0.2) is 29.3 Å². The molecular formula is C18H29N3O2. The first-order valence-electron chi connectivity index (χ1n) is 8.38. The summed E-state index contributed by atoms with van der Waals surface area (Å²) in [5.41, 5.74) is 1.24. The summed E-state index contributed by atoms with van der Waals surface area (Å²) < 4.78 is 11.4. The Morgan fingerprint density at radius 1 is 1.26 bits per heavy atom. The van der Waals surface area contributed by atoms with Gasteiger partial charge in [-0.1, -0.05) is 17.7 Å². The Bertz CT molecular complexity index is 484. The third kappa shape index (κ3) is 6.91. The van der Waals surface area contributed by atoms with Gasteiger partial charge in [-0.05, 0) is 37.8 Å². The van der Waals surface area contributed by atoms with Gasteiger partial charge in [-0.25, -0.2) is 0 Å². The largest absolute Gasteiger partial charge is 0.492 e. The summed E-state index contributed by atoms with van der Waals surface area (Å²) in [7, 11) is 3.81. The molecule has 1 N–H and O–H groups in total. The molecule has 1 aromatic carbocycles. The molecule has 0 radical (unpaired) electrons. The average Bonchev–Trinajstić information content (AvgIpc) is 3.37. The van der Waals surface area contributed by atoms with Crippen LogP contribution in [-0.4, -0.2) is 57.9 Å². The zero-order valence-corrected chi connectivity index (χ0v) is 14.5. The van der Waals surface area contributed by atoms with Crippen LogP contribution in [0.2, 0.25) is 0 Å². The van der Waals surface area contributed by atoms with Gasteiger partial charge in [-0.3, -0.25) is 4.99 Å². The lowest BCUT2D eigenvalue weighted by Crippen LogP contribution is -2.42. The number of rotatable bonds is 9. The molecule has 1 aliphatic rings. The lowest BCUT2D eigenvalue weighted by molar-refractivity contribution is 0.128. The number of ether oxygens (including phenoxy) is 2. The Balaban J connectivity index is 1.59. The summed E-state index contributed by atoms with van der Waals surface area (Å²) in [6.45, 7) is 5.88. The Morgan fingerprint density at radius 2 is 2.00 bits per heavy atom. The number of aryl methyl sites for hydroxylation is 1. The van der Waals surface area contributed by atoms with Crippen LogP contribution in [0.4, 0.5) is 0 Å². The maximum Gasteiger partial charge on any atom is 0.193 e. The van der Waals surface area contributed by atoms with Crippen LogP contribution in [-0.2, 0) is 4.74 Å². The summed E-state index contributed by atoms with van der Waals surface area (Å²) >= 11 is 0. The number of hydrogen-bond acceptors (Lipinski definition) is 3. The Kier molecular flexibility index (Phi) is 7.20. The van der Waals surface area contributed by atoms with Crippen LogP contribution < -0.4 is 10.1 Å². The van der Waals surface area contributed by atoms with Crippen LogP contribution in [0.25, 0.3) is 0 Å². The van der Waals surface area contributed by atoms with Crippen molar-refractivity contribution in [3.8, 4) is 5.75 Å². The monoisotopic (exact) mass is 319 g/mol. The van der Waals surface area contributed by atoms with Crippen molar-refractivity contribution in [1.29, 1.82) is 0 Å². The van der Waals surface area contributed by atoms with Gasteiger partial charge in [0.25, 0.3) is 0 Å². The van der Waals surface area contributed by atoms with Crippen molar-refractivity contribution in [2.45, 2.75) is 19.8 Å². The van der Waals surface area contributed by atoms with Gasteiger partial charge in [0.15, 0.2) is 5.96 Å². The van der Waals surface area contributed by atoms with Crippen molar-refractivity contribution in [1.82, 2.24) is 10.2 Å². The molecule has 0 saturated heterocycles. The Morgan fingerprint density at radius 3 is 2.65 bits per heavy atom. The molecule has 0 bridgehead atoms. The maximum absolute atomic E-state index is 5.75. The van der Waals surface area contributed by atoms with Crippen LogP contribution in [0.1, 0.15) is 18.4 Å². The first-order chi connectivity index (χ1) is 11.2. The van der Waals surface area contributed by atoms with Crippen LogP contribution in [0.5, 0.6) is 5.75 Å². The summed E-state index contributed by atoms with van der Waals surface area (Å²) in [6, 6.07) is 8.11. The fourth-order valence-corrected chi connectivity index (χ4v) is 2.20. The van der Waals surface area contributed by atoms with Crippen LogP contribution in [0.3, 0.4) is 0 Å². The lowest BCUT2D eigenvalue weighted by atomic mass is 10.2. The second-order valence-corrected chi connectivity index (χ2v) is 6.08. The van der Waals surface area contributed by atoms with Gasteiger partial charge in [0.1, 0.15) is 12.4 Å².